The van der Waals surface area contributed by atoms with Gasteiger partial charge in [0.1, 0.15) is 0 Å². The first-order valence-electron chi connectivity index (χ1n) is 3.64. The Morgan fingerprint density at radius 1 is 1.62 bits per heavy atom. The van der Waals surface area contributed by atoms with Crippen LogP contribution >= 0.6 is 0 Å². The van der Waals surface area contributed by atoms with Crippen molar-refractivity contribution in [1.29, 1.82) is 0 Å². The maximum atomic E-state index is 11.8. The van der Waals surface area contributed by atoms with Gasteiger partial charge in [-0.3, -0.25) is 4.68 Å². The highest BCUT2D eigenvalue weighted by Crippen LogP contribution is 2.21. The van der Waals surface area contributed by atoms with E-state index in [4.69, 9.17) is 5.11 Å². The molecule has 0 saturated carbocycles. The molecule has 4 nitrogen and oxygen atoms in total. The largest absolute Gasteiger partial charge is 0.415 e. The molecule has 1 aromatic rings. The molecule has 0 amide bonds. The monoisotopic (exact) mass is 192 g/mol. The van der Waals surface area contributed by atoms with Crippen LogP contribution in [0.25, 0.3) is 0 Å². The zero-order valence-corrected chi connectivity index (χ0v) is 7.29. The zero-order valence-electron chi connectivity index (χ0n) is 7.29. The predicted octanol–water partition coefficient (Wildman–Crippen LogP) is 0.822. The van der Waals surface area contributed by atoms with E-state index in [2.05, 4.69) is 9.84 Å². The zero-order chi connectivity index (χ0) is 10.0. The van der Waals surface area contributed by atoms with Gasteiger partial charge in [-0.2, -0.15) is 8.78 Å². The number of ether oxygens (including phenoxy) is 1. The van der Waals surface area contributed by atoms with E-state index in [9.17, 15) is 8.78 Å². The summed E-state index contributed by atoms with van der Waals surface area (Å²) in [7, 11) is 1.55. The molecule has 1 N–H and O–H groups in total. The fraction of sp³-hybridized carbons (Fsp3) is 0.571. The van der Waals surface area contributed by atoms with Crippen LogP contribution in [0.15, 0.2) is 0 Å². The molecule has 0 aliphatic carbocycles. The molecule has 1 aromatic heterocycles. The minimum atomic E-state index is -2.89. The average molecular weight is 192 g/mol. The van der Waals surface area contributed by atoms with Gasteiger partial charge in [0.15, 0.2) is 0 Å². The van der Waals surface area contributed by atoms with E-state index >= 15 is 0 Å². The normalized spacial score (nSPS) is 10.9. The number of nitrogens with zero attached hydrogens (tertiary/aromatic N) is 2. The Bertz CT molecular complexity index is 299. The van der Waals surface area contributed by atoms with Gasteiger partial charge in [0.2, 0.25) is 5.88 Å². The molecular formula is C7H10F2N2O2. The van der Waals surface area contributed by atoms with Gasteiger partial charge in [-0.05, 0) is 6.92 Å². The van der Waals surface area contributed by atoms with Gasteiger partial charge in [-0.25, -0.2) is 0 Å². The average Bonchev–Trinajstić information content (AvgIpc) is 2.26. The number of aromatic nitrogens is 2. The van der Waals surface area contributed by atoms with Crippen molar-refractivity contribution in [1.82, 2.24) is 9.78 Å². The van der Waals surface area contributed by atoms with Gasteiger partial charge in [0, 0.05) is 12.6 Å². The molecule has 0 atom stereocenters. The van der Waals surface area contributed by atoms with Crippen molar-refractivity contribution in [3.63, 3.8) is 0 Å². The van der Waals surface area contributed by atoms with Crippen LogP contribution in [0.1, 0.15) is 11.3 Å². The third-order valence-electron chi connectivity index (χ3n) is 1.74. The summed E-state index contributed by atoms with van der Waals surface area (Å²) in [5.74, 6) is -0.137. The summed E-state index contributed by atoms with van der Waals surface area (Å²) in [5.41, 5.74) is 0.904. The Kier molecular flexibility index (Phi) is 2.82. The number of halogens is 2. The second kappa shape index (κ2) is 3.69. The number of aryl methyl sites for hydroxylation is 1. The predicted molar refractivity (Wildman–Crippen MR) is 40.5 cm³/mol. The molecule has 0 unspecified atom stereocenters. The van der Waals surface area contributed by atoms with Gasteiger partial charge in [0.05, 0.1) is 12.3 Å². The maximum absolute atomic E-state index is 11.8. The molecule has 0 spiro atoms. The molecule has 0 fully saturated rings. The van der Waals surface area contributed by atoms with Crippen LogP contribution in [-0.4, -0.2) is 21.5 Å². The Hall–Kier alpha value is -1.17. The second-order valence-corrected chi connectivity index (χ2v) is 2.54. The molecule has 6 heteroatoms. The summed E-state index contributed by atoms with van der Waals surface area (Å²) in [4.78, 5) is 0. The van der Waals surface area contributed by atoms with Crippen LogP contribution in [0, 0.1) is 6.92 Å². The van der Waals surface area contributed by atoms with Crippen molar-refractivity contribution in [3.05, 3.63) is 11.3 Å². The standard InChI is InChI=1S/C7H10F2N2O2/c1-4-5(3-12)11(2)10-6(4)13-7(8)9/h7,12H,3H2,1-2H3. The van der Waals surface area contributed by atoms with Gasteiger partial charge in [-0.15, -0.1) is 5.10 Å². The Morgan fingerprint density at radius 3 is 2.62 bits per heavy atom. The SMILES string of the molecule is Cc1c(OC(F)F)nn(C)c1CO. The Morgan fingerprint density at radius 2 is 2.23 bits per heavy atom. The third-order valence-corrected chi connectivity index (χ3v) is 1.74. The fourth-order valence-corrected chi connectivity index (χ4v) is 1.05. The number of aliphatic hydroxyl groups excluding tert-OH is 1. The number of alkyl halides is 2. The summed E-state index contributed by atoms with van der Waals surface area (Å²) in [6.45, 7) is -1.57. The van der Waals surface area contributed by atoms with E-state index in [0.717, 1.165) is 0 Å². The minimum absolute atomic E-state index is 0.137. The number of aliphatic hydroxyl groups is 1. The number of hydrogen-bond acceptors (Lipinski definition) is 3. The fourth-order valence-electron chi connectivity index (χ4n) is 1.05. The minimum Gasteiger partial charge on any atom is -0.415 e. The van der Waals surface area contributed by atoms with Crippen molar-refractivity contribution in [3.8, 4) is 5.88 Å². The highest BCUT2D eigenvalue weighted by Gasteiger charge is 2.15. The highest BCUT2D eigenvalue weighted by molar-refractivity contribution is 5.29. The van der Waals surface area contributed by atoms with Crippen LogP contribution in [-0.2, 0) is 13.7 Å². The lowest BCUT2D eigenvalue weighted by atomic mass is 10.3. The van der Waals surface area contributed by atoms with Gasteiger partial charge in [0.25, 0.3) is 0 Å². The summed E-state index contributed by atoms with van der Waals surface area (Å²) < 4.78 is 29.1. The first kappa shape index (κ1) is 9.91. The number of rotatable bonds is 3. The van der Waals surface area contributed by atoms with Crippen LogP contribution in [0.5, 0.6) is 5.88 Å². The first-order valence-corrected chi connectivity index (χ1v) is 3.64. The van der Waals surface area contributed by atoms with E-state index in [1.54, 1.807) is 14.0 Å². The first-order chi connectivity index (χ1) is 6.06. The lowest BCUT2D eigenvalue weighted by molar-refractivity contribution is -0.0535. The molecule has 0 aromatic carbocycles. The van der Waals surface area contributed by atoms with E-state index in [0.29, 0.717) is 11.3 Å². The Balaban J connectivity index is 2.96. The highest BCUT2D eigenvalue weighted by atomic mass is 19.3. The van der Waals surface area contributed by atoms with Gasteiger partial charge in [-0.1, -0.05) is 0 Å². The molecule has 1 rings (SSSR count). The molecule has 0 aliphatic rings. The molecule has 74 valence electrons. The molecular weight excluding hydrogens is 182 g/mol. The van der Waals surface area contributed by atoms with Crippen molar-refractivity contribution < 1.29 is 18.6 Å². The second-order valence-electron chi connectivity index (χ2n) is 2.54. The van der Waals surface area contributed by atoms with Crippen LogP contribution < -0.4 is 4.74 Å². The summed E-state index contributed by atoms with van der Waals surface area (Å²) in [5, 5.41) is 12.5. The van der Waals surface area contributed by atoms with Crippen LogP contribution in [0.3, 0.4) is 0 Å². The smallest absolute Gasteiger partial charge is 0.388 e. The van der Waals surface area contributed by atoms with Crippen molar-refractivity contribution >= 4 is 0 Å². The topological polar surface area (TPSA) is 47.3 Å². The molecule has 0 bridgehead atoms. The summed E-state index contributed by atoms with van der Waals surface area (Å²) in [6.07, 6.45) is 0. The van der Waals surface area contributed by atoms with E-state index in [-0.39, 0.29) is 12.5 Å². The maximum Gasteiger partial charge on any atom is 0.388 e. The molecule has 0 radical (unpaired) electrons. The molecule has 0 saturated heterocycles. The van der Waals surface area contributed by atoms with Crippen LogP contribution in [0.4, 0.5) is 8.78 Å². The van der Waals surface area contributed by atoms with Gasteiger partial charge < -0.3 is 9.84 Å². The van der Waals surface area contributed by atoms with Crippen LogP contribution in [0.2, 0.25) is 0 Å². The molecule has 0 aliphatic heterocycles. The molecule has 13 heavy (non-hydrogen) atoms. The quantitative estimate of drug-likeness (QED) is 0.771. The van der Waals surface area contributed by atoms with E-state index < -0.39 is 6.61 Å². The summed E-state index contributed by atoms with van der Waals surface area (Å²) >= 11 is 0. The summed E-state index contributed by atoms with van der Waals surface area (Å²) in [6, 6.07) is 0. The third kappa shape index (κ3) is 1.95. The lowest BCUT2D eigenvalue weighted by Gasteiger charge is -2.00. The number of hydrogen-bond donors (Lipinski definition) is 1. The van der Waals surface area contributed by atoms with Crippen molar-refractivity contribution in [2.75, 3.05) is 0 Å². The van der Waals surface area contributed by atoms with Crippen molar-refractivity contribution in [2.45, 2.75) is 20.1 Å². The Labute approximate surface area is 73.7 Å². The van der Waals surface area contributed by atoms with Crippen molar-refractivity contribution in [2.24, 2.45) is 7.05 Å². The van der Waals surface area contributed by atoms with E-state index in [1.807, 2.05) is 0 Å². The van der Waals surface area contributed by atoms with Gasteiger partial charge >= 0.3 is 6.61 Å². The molecule has 1 heterocycles. The van der Waals surface area contributed by atoms with E-state index in [1.165, 1.54) is 4.68 Å². The lowest BCUT2D eigenvalue weighted by Crippen LogP contribution is -2.03.